The lowest BCUT2D eigenvalue weighted by atomic mass is 10.1. The Kier molecular flexibility index (Phi) is 5.93. The molecule has 114 valence electrons. The van der Waals surface area contributed by atoms with Crippen LogP contribution in [0.15, 0.2) is 23.1 Å². The SMILES string of the molecule is CSCCC(C)(O)CNS(=O)(=O)c1c(F)cccc1F. The molecule has 1 aromatic rings. The van der Waals surface area contributed by atoms with Crippen LogP contribution in [0.3, 0.4) is 0 Å². The fourth-order valence-electron chi connectivity index (χ4n) is 1.47. The van der Waals surface area contributed by atoms with Gasteiger partial charge >= 0.3 is 0 Å². The van der Waals surface area contributed by atoms with Gasteiger partial charge in [-0.2, -0.15) is 11.8 Å². The van der Waals surface area contributed by atoms with Crippen LogP contribution in [0.4, 0.5) is 8.78 Å². The van der Waals surface area contributed by atoms with E-state index in [2.05, 4.69) is 0 Å². The molecule has 0 aliphatic rings. The van der Waals surface area contributed by atoms with Crippen molar-refractivity contribution in [2.75, 3.05) is 18.6 Å². The summed E-state index contributed by atoms with van der Waals surface area (Å²) < 4.78 is 52.7. The number of halogens is 2. The molecule has 0 saturated carbocycles. The van der Waals surface area contributed by atoms with Gasteiger partial charge in [0, 0.05) is 6.54 Å². The molecule has 1 atom stereocenters. The molecule has 1 aromatic carbocycles. The standard InChI is InChI=1S/C12H17F2NO3S2/c1-12(16,6-7-19-2)8-15-20(17,18)11-9(13)4-3-5-10(11)14/h3-5,15-16H,6-8H2,1-2H3. The van der Waals surface area contributed by atoms with Gasteiger partial charge in [0.2, 0.25) is 10.0 Å². The minimum atomic E-state index is -4.35. The molecule has 0 amide bonds. The predicted octanol–water partition coefficient (Wildman–Crippen LogP) is 1.75. The van der Waals surface area contributed by atoms with Crippen molar-refractivity contribution < 1.29 is 22.3 Å². The van der Waals surface area contributed by atoms with E-state index in [1.807, 2.05) is 11.0 Å². The third-order valence-corrected chi connectivity index (χ3v) is 4.74. The molecule has 0 bridgehead atoms. The monoisotopic (exact) mass is 325 g/mol. The zero-order chi connectivity index (χ0) is 15.4. The topological polar surface area (TPSA) is 66.4 Å². The first kappa shape index (κ1) is 17.4. The molecule has 0 heterocycles. The van der Waals surface area contributed by atoms with E-state index in [4.69, 9.17) is 0 Å². The summed E-state index contributed by atoms with van der Waals surface area (Å²) in [5.74, 6) is -1.69. The Balaban J connectivity index is 2.86. The molecule has 8 heteroatoms. The number of benzene rings is 1. The molecular formula is C12H17F2NO3S2. The van der Waals surface area contributed by atoms with Crippen molar-refractivity contribution in [3.8, 4) is 0 Å². The van der Waals surface area contributed by atoms with Gasteiger partial charge in [-0.3, -0.25) is 0 Å². The van der Waals surface area contributed by atoms with Crippen LogP contribution in [-0.4, -0.2) is 37.7 Å². The van der Waals surface area contributed by atoms with Crippen molar-refractivity contribution in [1.82, 2.24) is 4.72 Å². The highest BCUT2D eigenvalue weighted by Crippen LogP contribution is 2.19. The number of hydrogen-bond donors (Lipinski definition) is 2. The first-order valence-electron chi connectivity index (χ1n) is 5.84. The molecule has 0 spiro atoms. The van der Waals surface area contributed by atoms with Gasteiger partial charge in [-0.25, -0.2) is 21.9 Å². The summed E-state index contributed by atoms with van der Waals surface area (Å²) in [7, 11) is -4.35. The van der Waals surface area contributed by atoms with Crippen LogP contribution in [0.5, 0.6) is 0 Å². The Hall–Kier alpha value is -0.700. The van der Waals surface area contributed by atoms with Crippen LogP contribution >= 0.6 is 11.8 Å². The summed E-state index contributed by atoms with van der Waals surface area (Å²) >= 11 is 1.51. The van der Waals surface area contributed by atoms with Crippen molar-refractivity contribution in [1.29, 1.82) is 0 Å². The third kappa shape index (κ3) is 4.69. The summed E-state index contributed by atoms with van der Waals surface area (Å²) in [4.78, 5) is -1.03. The molecule has 0 radical (unpaired) electrons. The predicted molar refractivity (Wildman–Crippen MR) is 75.2 cm³/mol. The largest absolute Gasteiger partial charge is 0.389 e. The summed E-state index contributed by atoms with van der Waals surface area (Å²) in [6, 6.07) is 2.81. The van der Waals surface area contributed by atoms with E-state index in [1.165, 1.54) is 18.7 Å². The molecule has 1 unspecified atom stereocenters. The van der Waals surface area contributed by atoms with E-state index in [0.717, 1.165) is 18.2 Å². The fraction of sp³-hybridized carbons (Fsp3) is 0.500. The van der Waals surface area contributed by atoms with Crippen LogP contribution in [-0.2, 0) is 10.0 Å². The van der Waals surface area contributed by atoms with Crippen LogP contribution in [0.2, 0.25) is 0 Å². The maximum Gasteiger partial charge on any atom is 0.246 e. The maximum atomic E-state index is 13.4. The van der Waals surface area contributed by atoms with Gasteiger partial charge in [0.25, 0.3) is 0 Å². The summed E-state index contributed by atoms with van der Waals surface area (Å²) in [6.45, 7) is 1.15. The summed E-state index contributed by atoms with van der Waals surface area (Å²) in [6.07, 6.45) is 2.21. The molecule has 20 heavy (non-hydrogen) atoms. The van der Waals surface area contributed by atoms with E-state index < -0.39 is 32.2 Å². The van der Waals surface area contributed by atoms with Crippen LogP contribution in [0.25, 0.3) is 0 Å². The highest BCUT2D eigenvalue weighted by atomic mass is 32.2. The Morgan fingerprint density at radius 3 is 2.40 bits per heavy atom. The second kappa shape index (κ2) is 6.84. The fourth-order valence-corrected chi connectivity index (χ4v) is 3.41. The van der Waals surface area contributed by atoms with Gasteiger partial charge < -0.3 is 5.11 Å². The lowest BCUT2D eigenvalue weighted by molar-refractivity contribution is 0.0625. The molecule has 2 N–H and O–H groups in total. The summed E-state index contributed by atoms with van der Waals surface area (Å²) in [5.41, 5.74) is -1.28. The minimum absolute atomic E-state index is 0.316. The van der Waals surface area contributed by atoms with Gasteiger partial charge in [-0.15, -0.1) is 0 Å². The quantitative estimate of drug-likeness (QED) is 0.801. The molecule has 4 nitrogen and oxygen atoms in total. The molecule has 0 aliphatic heterocycles. The number of hydrogen-bond acceptors (Lipinski definition) is 4. The van der Waals surface area contributed by atoms with Gasteiger partial charge in [-0.1, -0.05) is 6.07 Å². The number of sulfonamides is 1. The van der Waals surface area contributed by atoms with Crippen molar-refractivity contribution in [2.24, 2.45) is 0 Å². The van der Waals surface area contributed by atoms with Crippen LogP contribution < -0.4 is 4.72 Å². The molecule has 1 rings (SSSR count). The van der Waals surface area contributed by atoms with E-state index in [0.29, 0.717) is 12.2 Å². The van der Waals surface area contributed by atoms with Crippen molar-refractivity contribution in [3.63, 3.8) is 0 Å². The van der Waals surface area contributed by atoms with E-state index in [-0.39, 0.29) is 6.54 Å². The van der Waals surface area contributed by atoms with E-state index in [1.54, 1.807) is 0 Å². The smallest absolute Gasteiger partial charge is 0.246 e. The van der Waals surface area contributed by atoms with Gasteiger partial charge in [0.05, 0.1) is 5.60 Å². The zero-order valence-electron chi connectivity index (χ0n) is 11.2. The second-order valence-corrected chi connectivity index (χ2v) is 7.30. The average Bonchev–Trinajstić information content (AvgIpc) is 2.34. The first-order chi connectivity index (χ1) is 9.19. The highest BCUT2D eigenvalue weighted by Gasteiger charge is 2.27. The van der Waals surface area contributed by atoms with Crippen LogP contribution in [0, 0.1) is 11.6 Å². The first-order valence-corrected chi connectivity index (χ1v) is 8.72. The van der Waals surface area contributed by atoms with Gasteiger partial charge in [0.15, 0.2) is 4.90 Å². The lowest BCUT2D eigenvalue weighted by Gasteiger charge is -2.23. The summed E-state index contributed by atoms with van der Waals surface area (Å²) in [5, 5.41) is 9.97. The number of aliphatic hydroxyl groups is 1. The Bertz CT molecular complexity index is 542. The van der Waals surface area contributed by atoms with Crippen molar-refractivity contribution >= 4 is 21.8 Å². The number of rotatable bonds is 7. The highest BCUT2D eigenvalue weighted by molar-refractivity contribution is 7.98. The molecule has 0 fully saturated rings. The second-order valence-electron chi connectivity index (χ2n) is 4.62. The Morgan fingerprint density at radius 1 is 1.35 bits per heavy atom. The normalized spacial score (nSPS) is 15.1. The van der Waals surface area contributed by atoms with Crippen LogP contribution in [0.1, 0.15) is 13.3 Å². The third-order valence-electron chi connectivity index (χ3n) is 2.68. The number of thioether (sulfide) groups is 1. The average molecular weight is 325 g/mol. The Labute approximate surface area is 121 Å². The van der Waals surface area contributed by atoms with Crippen molar-refractivity contribution in [2.45, 2.75) is 23.8 Å². The molecule has 0 aromatic heterocycles. The minimum Gasteiger partial charge on any atom is -0.389 e. The molecular weight excluding hydrogens is 308 g/mol. The van der Waals surface area contributed by atoms with E-state index >= 15 is 0 Å². The lowest BCUT2D eigenvalue weighted by Crippen LogP contribution is -2.41. The zero-order valence-corrected chi connectivity index (χ0v) is 12.8. The number of nitrogens with one attached hydrogen (secondary N) is 1. The molecule has 0 aliphatic carbocycles. The van der Waals surface area contributed by atoms with Crippen molar-refractivity contribution in [3.05, 3.63) is 29.8 Å². The molecule has 0 saturated heterocycles. The van der Waals surface area contributed by atoms with Gasteiger partial charge in [-0.05, 0) is 37.5 Å². The van der Waals surface area contributed by atoms with E-state index in [9.17, 15) is 22.3 Å². The Morgan fingerprint density at radius 2 is 1.90 bits per heavy atom. The van der Waals surface area contributed by atoms with Gasteiger partial charge in [0.1, 0.15) is 11.6 Å². The maximum absolute atomic E-state index is 13.4.